The second-order valence-electron chi connectivity index (χ2n) is 7.08. The van der Waals surface area contributed by atoms with Crippen LogP contribution in [0.1, 0.15) is 21.5 Å². The van der Waals surface area contributed by atoms with E-state index in [1.807, 2.05) is 0 Å². The van der Waals surface area contributed by atoms with Gasteiger partial charge in [-0.05, 0) is 48.9 Å². The smallest absolute Gasteiger partial charge is 0.322 e. The number of fused-ring (bicyclic) bond motifs is 1. The summed E-state index contributed by atoms with van der Waals surface area (Å²) >= 11 is 6.02. The molecule has 0 aliphatic carbocycles. The Morgan fingerprint density at radius 2 is 1.82 bits per heavy atom. The Morgan fingerprint density at radius 3 is 2.58 bits per heavy atom. The Hall–Kier alpha value is -3.92. The minimum atomic E-state index is -4.56. The maximum Gasteiger partial charge on any atom is 0.416 e. The first-order valence-electron chi connectivity index (χ1n) is 9.51. The number of aryl methyl sites for hydroxylation is 1. The first kappa shape index (κ1) is 22.3. The Bertz CT molecular complexity index is 1380. The molecule has 0 bridgehead atoms. The van der Waals surface area contributed by atoms with Gasteiger partial charge in [-0.2, -0.15) is 13.2 Å². The fraction of sp³-hybridized carbons (Fsp3) is 0.0909. The molecule has 11 heteroatoms. The summed E-state index contributed by atoms with van der Waals surface area (Å²) < 4.78 is 40.0. The molecule has 2 aromatic carbocycles. The van der Waals surface area contributed by atoms with Crippen molar-refractivity contribution < 1.29 is 22.8 Å². The Balaban J connectivity index is 1.55. The second-order valence-corrected chi connectivity index (χ2v) is 7.44. The van der Waals surface area contributed by atoms with E-state index in [1.54, 1.807) is 25.1 Å². The van der Waals surface area contributed by atoms with E-state index in [1.165, 1.54) is 29.2 Å². The van der Waals surface area contributed by atoms with Crippen LogP contribution in [0, 0.1) is 6.92 Å². The zero-order chi connectivity index (χ0) is 23.8. The molecule has 33 heavy (non-hydrogen) atoms. The number of anilines is 2. The molecule has 0 saturated carbocycles. The number of carbonyl (C=O) groups is 2. The molecule has 0 unspecified atom stereocenters. The van der Waals surface area contributed by atoms with Crippen molar-refractivity contribution in [1.29, 1.82) is 0 Å². The van der Waals surface area contributed by atoms with Crippen molar-refractivity contribution in [1.82, 2.24) is 14.5 Å². The van der Waals surface area contributed by atoms with Crippen molar-refractivity contribution in [2.45, 2.75) is 13.1 Å². The van der Waals surface area contributed by atoms with Gasteiger partial charge in [-0.3, -0.25) is 9.36 Å². The SMILES string of the molecule is Cc1ccc(NC(=O)c2cccc(C(F)(F)F)c2)cc1NC(=O)n1ccc2c(Cl)ncnc21. The summed E-state index contributed by atoms with van der Waals surface area (Å²) in [5, 5.41) is 5.99. The van der Waals surface area contributed by atoms with Gasteiger partial charge in [-0.15, -0.1) is 0 Å². The first-order valence-corrected chi connectivity index (χ1v) is 9.89. The monoisotopic (exact) mass is 473 g/mol. The van der Waals surface area contributed by atoms with Crippen LogP contribution in [-0.4, -0.2) is 26.5 Å². The van der Waals surface area contributed by atoms with Crippen LogP contribution in [0.5, 0.6) is 0 Å². The number of rotatable bonds is 3. The third-order valence-electron chi connectivity index (χ3n) is 4.84. The molecule has 2 aromatic heterocycles. The van der Waals surface area contributed by atoms with E-state index >= 15 is 0 Å². The number of amides is 2. The minimum Gasteiger partial charge on any atom is -0.322 e. The van der Waals surface area contributed by atoms with Gasteiger partial charge in [0.1, 0.15) is 11.5 Å². The molecule has 4 aromatic rings. The highest BCUT2D eigenvalue weighted by molar-refractivity contribution is 6.34. The molecule has 2 heterocycles. The van der Waals surface area contributed by atoms with Crippen LogP contribution in [0.25, 0.3) is 11.0 Å². The lowest BCUT2D eigenvalue weighted by atomic mass is 10.1. The van der Waals surface area contributed by atoms with E-state index < -0.39 is 23.7 Å². The van der Waals surface area contributed by atoms with E-state index in [2.05, 4.69) is 20.6 Å². The van der Waals surface area contributed by atoms with Gasteiger partial charge in [0.2, 0.25) is 0 Å². The lowest BCUT2D eigenvalue weighted by Gasteiger charge is -2.13. The number of hydrogen-bond acceptors (Lipinski definition) is 4. The summed E-state index contributed by atoms with van der Waals surface area (Å²) in [4.78, 5) is 33.2. The van der Waals surface area contributed by atoms with Crippen LogP contribution in [0.3, 0.4) is 0 Å². The number of carbonyl (C=O) groups excluding carboxylic acids is 2. The molecule has 0 atom stereocenters. The summed E-state index contributed by atoms with van der Waals surface area (Å²) in [6.45, 7) is 1.75. The number of aromatic nitrogens is 3. The van der Waals surface area contributed by atoms with Gasteiger partial charge in [-0.1, -0.05) is 23.7 Å². The van der Waals surface area contributed by atoms with Crippen LogP contribution in [0.15, 0.2) is 61.1 Å². The highest BCUT2D eigenvalue weighted by Gasteiger charge is 2.30. The molecule has 0 radical (unpaired) electrons. The Morgan fingerprint density at radius 1 is 1.03 bits per heavy atom. The van der Waals surface area contributed by atoms with Crippen molar-refractivity contribution in [2.24, 2.45) is 0 Å². The molecular weight excluding hydrogens is 459 g/mol. The normalized spacial score (nSPS) is 11.4. The molecular formula is C22H15ClF3N5O2. The van der Waals surface area contributed by atoms with Crippen LogP contribution >= 0.6 is 11.6 Å². The number of nitrogens with one attached hydrogen (secondary N) is 2. The standard InChI is InChI=1S/C22H15ClF3N5O2/c1-12-5-6-15(29-20(32)13-3-2-4-14(9-13)22(24,25)26)10-17(12)30-21(33)31-8-7-16-18(23)27-11-28-19(16)31/h2-11H,1H3,(H,29,32)(H,30,33). The van der Waals surface area contributed by atoms with Crippen molar-refractivity contribution >= 4 is 45.9 Å². The summed E-state index contributed by atoms with van der Waals surface area (Å²) in [6, 6.07) is 9.93. The van der Waals surface area contributed by atoms with Crippen molar-refractivity contribution in [3.63, 3.8) is 0 Å². The Labute approximate surface area is 190 Å². The summed E-state index contributed by atoms with van der Waals surface area (Å²) in [6.07, 6.45) is -1.83. The molecule has 2 N–H and O–H groups in total. The fourth-order valence-electron chi connectivity index (χ4n) is 3.13. The number of nitrogens with zero attached hydrogens (tertiary/aromatic N) is 3. The van der Waals surface area contributed by atoms with Crippen LogP contribution < -0.4 is 10.6 Å². The van der Waals surface area contributed by atoms with Gasteiger partial charge in [0.25, 0.3) is 5.91 Å². The van der Waals surface area contributed by atoms with Gasteiger partial charge in [0.15, 0.2) is 5.65 Å². The van der Waals surface area contributed by atoms with Gasteiger partial charge >= 0.3 is 12.2 Å². The molecule has 0 saturated heterocycles. The summed E-state index contributed by atoms with van der Waals surface area (Å²) in [7, 11) is 0. The lowest BCUT2D eigenvalue weighted by Crippen LogP contribution is -2.20. The molecule has 0 spiro atoms. The third kappa shape index (κ3) is 4.65. The lowest BCUT2D eigenvalue weighted by molar-refractivity contribution is -0.137. The van der Waals surface area contributed by atoms with Crippen molar-refractivity contribution in [3.8, 4) is 0 Å². The average molecular weight is 474 g/mol. The van der Waals surface area contributed by atoms with Crippen LogP contribution in [0.4, 0.5) is 29.3 Å². The highest BCUT2D eigenvalue weighted by atomic mass is 35.5. The number of halogens is 4. The summed E-state index contributed by atoms with van der Waals surface area (Å²) in [5.41, 5.74) is 0.634. The van der Waals surface area contributed by atoms with Gasteiger partial charge in [0, 0.05) is 23.1 Å². The van der Waals surface area contributed by atoms with Crippen molar-refractivity contribution in [2.75, 3.05) is 10.6 Å². The number of benzene rings is 2. The highest BCUT2D eigenvalue weighted by Crippen LogP contribution is 2.30. The second kappa shape index (κ2) is 8.55. The molecule has 4 rings (SSSR count). The predicted molar refractivity (Wildman–Crippen MR) is 118 cm³/mol. The minimum absolute atomic E-state index is 0.147. The molecule has 7 nitrogen and oxygen atoms in total. The van der Waals surface area contributed by atoms with E-state index in [9.17, 15) is 22.8 Å². The van der Waals surface area contributed by atoms with Crippen LogP contribution in [0.2, 0.25) is 5.15 Å². The van der Waals surface area contributed by atoms with Crippen molar-refractivity contribution in [3.05, 3.63) is 82.9 Å². The average Bonchev–Trinajstić information content (AvgIpc) is 3.21. The van der Waals surface area contributed by atoms with E-state index in [4.69, 9.17) is 11.6 Å². The number of hydrogen-bond donors (Lipinski definition) is 2. The van der Waals surface area contributed by atoms with E-state index in [-0.39, 0.29) is 10.7 Å². The predicted octanol–water partition coefficient (Wildman–Crippen LogP) is 5.74. The van der Waals surface area contributed by atoms with E-state index in [0.717, 1.165) is 18.2 Å². The zero-order valence-electron chi connectivity index (χ0n) is 16.9. The molecule has 2 amide bonds. The summed E-state index contributed by atoms with van der Waals surface area (Å²) in [5.74, 6) is -0.718. The zero-order valence-corrected chi connectivity index (χ0v) is 17.7. The topological polar surface area (TPSA) is 88.9 Å². The number of alkyl halides is 3. The molecule has 0 aliphatic rings. The maximum atomic E-state index is 12.9. The third-order valence-corrected chi connectivity index (χ3v) is 5.14. The molecule has 0 fully saturated rings. The van der Waals surface area contributed by atoms with Gasteiger partial charge in [0.05, 0.1) is 10.9 Å². The first-order chi connectivity index (χ1) is 15.6. The fourth-order valence-corrected chi connectivity index (χ4v) is 3.33. The van der Waals surface area contributed by atoms with Crippen LogP contribution in [-0.2, 0) is 6.18 Å². The largest absolute Gasteiger partial charge is 0.416 e. The van der Waals surface area contributed by atoms with Gasteiger partial charge < -0.3 is 10.6 Å². The molecule has 0 aliphatic heterocycles. The quantitative estimate of drug-likeness (QED) is 0.371. The van der Waals surface area contributed by atoms with E-state index in [0.29, 0.717) is 28.0 Å². The maximum absolute atomic E-state index is 12.9. The Kier molecular flexibility index (Phi) is 5.77. The van der Waals surface area contributed by atoms with Gasteiger partial charge in [-0.25, -0.2) is 14.8 Å². The molecule has 168 valence electrons.